The van der Waals surface area contributed by atoms with Gasteiger partial charge in [-0.05, 0) is 37.6 Å². The Labute approximate surface area is 135 Å². The van der Waals surface area contributed by atoms with Crippen LogP contribution >= 0.6 is 0 Å². The summed E-state index contributed by atoms with van der Waals surface area (Å²) in [6.07, 6.45) is -0.165. The standard InChI is InChI=1S/C19H20FNO2/c1-19(2)13-23-17(14-7-4-3-5-8-14)12-21(19)18(22)15-9-6-10-16(20)11-15/h3-11,17H,12-13H2,1-2H3. The Morgan fingerprint density at radius 3 is 2.61 bits per heavy atom. The van der Waals surface area contributed by atoms with Crippen LogP contribution in [0.2, 0.25) is 0 Å². The predicted octanol–water partition coefficient (Wildman–Crippen LogP) is 3.82. The van der Waals surface area contributed by atoms with Gasteiger partial charge in [-0.1, -0.05) is 36.4 Å². The van der Waals surface area contributed by atoms with Gasteiger partial charge in [0.05, 0.1) is 18.7 Å². The Balaban J connectivity index is 1.87. The van der Waals surface area contributed by atoms with E-state index in [2.05, 4.69) is 0 Å². The molecule has 0 aromatic heterocycles. The number of rotatable bonds is 2. The molecule has 4 heteroatoms. The van der Waals surface area contributed by atoms with Crippen molar-refractivity contribution in [3.63, 3.8) is 0 Å². The fourth-order valence-electron chi connectivity index (χ4n) is 2.85. The van der Waals surface area contributed by atoms with E-state index in [0.717, 1.165) is 5.56 Å². The summed E-state index contributed by atoms with van der Waals surface area (Å²) in [5, 5.41) is 0. The molecule has 2 aromatic rings. The van der Waals surface area contributed by atoms with Gasteiger partial charge in [0.25, 0.3) is 5.91 Å². The van der Waals surface area contributed by atoms with Crippen molar-refractivity contribution in [2.75, 3.05) is 13.2 Å². The van der Waals surface area contributed by atoms with Gasteiger partial charge >= 0.3 is 0 Å². The van der Waals surface area contributed by atoms with E-state index in [1.54, 1.807) is 17.0 Å². The molecule has 0 N–H and O–H groups in total. The summed E-state index contributed by atoms with van der Waals surface area (Å²) in [5.74, 6) is -0.569. The fraction of sp³-hybridized carbons (Fsp3) is 0.316. The van der Waals surface area contributed by atoms with Crippen LogP contribution in [0.15, 0.2) is 54.6 Å². The summed E-state index contributed by atoms with van der Waals surface area (Å²) >= 11 is 0. The molecule has 0 aliphatic carbocycles. The molecule has 1 atom stereocenters. The van der Waals surface area contributed by atoms with Gasteiger partial charge in [0.15, 0.2) is 0 Å². The van der Waals surface area contributed by atoms with E-state index in [4.69, 9.17) is 4.74 Å². The molecule has 0 radical (unpaired) electrons. The fourth-order valence-corrected chi connectivity index (χ4v) is 2.85. The van der Waals surface area contributed by atoms with Gasteiger partial charge in [0.1, 0.15) is 11.9 Å². The lowest BCUT2D eigenvalue weighted by molar-refractivity contribution is -0.0846. The third-order valence-electron chi connectivity index (χ3n) is 4.20. The Bertz CT molecular complexity index is 700. The van der Waals surface area contributed by atoms with E-state index in [0.29, 0.717) is 18.7 Å². The summed E-state index contributed by atoms with van der Waals surface area (Å²) in [4.78, 5) is 14.6. The highest BCUT2D eigenvalue weighted by molar-refractivity contribution is 5.94. The number of ether oxygens (including phenoxy) is 1. The number of halogens is 1. The molecule has 120 valence electrons. The number of hydrogen-bond donors (Lipinski definition) is 0. The van der Waals surface area contributed by atoms with Crippen LogP contribution in [0, 0.1) is 5.82 Å². The van der Waals surface area contributed by atoms with Crippen LogP contribution in [-0.4, -0.2) is 29.5 Å². The van der Waals surface area contributed by atoms with E-state index >= 15 is 0 Å². The van der Waals surface area contributed by atoms with E-state index in [-0.39, 0.29) is 12.0 Å². The summed E-state index contributed by atoms with van der Waals surface area (Å²) in [7, 11) is 0. The number of hydrogen-bond acceptors (Lipinski definition) is 2. The van der Waals surface area contributed by atoms with E-state index in [1.165, 1.54) is 12.1 Å². The molecule has 0 spiro atoms. The van der Waals surface area contributed by atoms with Crippen molar-refractivity contribution in [1.82, 2.24) is 4.90 Å². The zero-order valence-electron chi connectivity index (χ0n) is 13.3. The quantitative estimate of drug-likeness (QED) is 0.843. The number of carbonyl (C=O) groups is 1. The lowest BCUT2D eigenvalue weighted by atomic mass is 9.97. The lowest BCUT2D eigenvalue weighted by Gasteiger charge is -2.45. The van der Waals surface area contributed by atoms with Crippen LogP contribution in [0.4, 0.5) is 4.39 Å². The van der Waals surface area contributed by atoms with Gasteiger partial charge in [-0.25, -0.2) is 4.39 Å². The second-order valence-electron chi connectivity index (χ2n) is 6.45. The number of amides is 1. The SMILES string of the molecule is CC1(C)COC(c2ccccc2)CN1C(=O)c1cccc(F)c1. The van der Waals surface area contributed by atoms with Crippen LogP contribution in [0.1, 0.15) is 35.9 Å². The predicted molar refractivity (Wildman–Crippen MR) is 86.7 cm³/mol. The van der Waals surface area contributed by atoms with Crippen LogP contribution in [0.25, 0.3) is 0 Å². The summed E-state index contributed by atoms with van der Waals surface area (Å²) in [5.41, 5.74) is 0.973. The Kier molecular flexibility index (Phi) is 4.18. The van der Waals surface area contributed by atoms with Gasteiger partial charge < -0.3 is 9.64 Å². The van der Waals surface area contributed by atoms with Crippen molar-refractivity contribution in [3.8, 4) is 0 Å². The third kappa shape index (κ3) is 3.27. The molecule has 1 unspecified atom stereocenters. The highest BCUT2D eigenvalue weighted by Crippen LogP contribution is 2.31. The minimum absolute atomic E-state index is 0.165. The second kappa shape index (κ2) is 6.13. The number of benzene rings is 2. The molecular weight excluding hydrogens is 293 g/mol. The van der Waals surface area contributed by atoms with Gasteiger partial charge in [0.2, 0.25) is 0 Å². The first-order valence-electron chi connectivity index (χ1n) is 7.71. The van der Waals surface area contributed by atoms with Gasteiger partial charge in [-0.3, -0.25) is 4.79 Å². The molecule has 0 bridgehead atoms. The maximum absolute atomic E-state index is 13.4. The molecule has 1 aliphatic rings. The largest absolute Gasteiger partial charge is 0.369 e. The normalized spacial score (nSPS) is 20.3. The highest BCUT2D eigenvalue weighted by Gasteiger charge is 2.38. The van der Waals surface area contributed by atoms with Crippen LogP contribution < -0.4 is 0 Å². The van der Waals surface area contributed by atoms with E-state index in [1.807, 2.05) is 44.2 Å². The molecule has 0 saturated carbocycles. The third-order valence-corrected chi connectivity index (χ3v) is 4.20. The maximum Gasteiger partial charge on any atom is 0.254 e. The number of nitrogens with zero attached hydrogens (tertiary/aromatic N) is 1. The summed E-state index contributed by atoms with van der Waals surface area (Å²) in [6, 6.07) is 15.7. The maximum atomic E-state index is 13.4. The average molecular weight is 313 g/mol. The highest BCUT2D eigenvalue weighted by atomic mass is 19.1. The van der Waals surface area contributed by atoms with Gasteiger partial charge in [-0.2, -0.15) is 0 Å². The lowest BCUT2D eigenvalue weighted by Crippen LogP contribution is -2.56. The first-order chi connectivity index (χ1) is 11.0. The molecule has 1 fully saturated rings. The van der Waals surface area contributed by atoms with Crippen molar-refractivity contribution in [1.29, 1.82) is 0 Å². The topological polar surface area (TPSA) is 29.5 Å². The molecule has 2 aromatic carbocycles. The van der Waals surface area contributed by atoms with Gasteiger partial charge in [0, 0.05) is 5.56 Å². The van der Waals surface area contributed by atoms with Crippen LogP contribution in [0.5, 0.6) is 0 Å². The minimum Gasteiger partial charge on any atom is -0.369 e. The second-order valence-corrected chi connectivity index (χ2v) is 6.45. The zero-order valence-corrected chi connectivity index (χ0v) is 13.3. The summed E-state index contributed by atoms with van der Waals surface area (Å²) < 4.78 is 19.4. The van der Waals surface area contributed by atoms with Gasteiger partial charge in [-0.15, -0.1) is 0 Å². The molecule has 1 heterocycles. The Hall–Kier alpha value is -2.20. The van der Waals surface area contributed by atoms with Crippen LogP contribution in [0.3, 0.4) is 0 Å². The molecule has 3 nitrogen and oxygen atoms in total. The molecule has 1 amide bonds. The van der Waals surface area contributed by atoms with Crippen molar-refractivity contribution in [2.24, 2.45) is 0 Å². The van der Waals surface area contributed by atoms with Crippen molar-refractivity contribution in [3.05, 3.63) is 71.5 Å². The van der Waals surface area contributed by atoms with Crippen LogP contribution in [-0.2, 0) is 4.74 Å². The molecule has 1 aliphatic heterocycles. The smallest absolute Gasteiger partial charge is 0.254 e. The molecule has 23 heavy (non-hydrogen) atoms. The molecular formula is C19H20FNO2. The molecule has 1 saturated heterocycles. The Morgan fingerprint density at radius 1 is 1.17 bits per heavy atom. The van der Waals surface area contributed by atoms with E-state index in [9.17, 15) is 9.18 Å². The average Bonchev–Trinajstić information content (AvgIpc) is 2.55. The first kappa shape index (κ1) is 15.7. The zero-order chi connectivity index (χ0) is 16.4. The van der Waals surface area contributed by atoms with Crippen molar-refractivity contribution >= 4 is 5.91 Å². The monoisotopic (exact) mass is 313 g/mol. The summed E-state index contributed by atoms with van der Waals surface area (Å²) in [6.45, 7) is 4.82. The van der Waals surface area contributed by atoms with Crippen molar-refractivity contribution in [2.45, 2.75) is 25.5 Å². The van der Waals surface area contributed by atoms with Crippen molar-refractivity contribution < 1.29 is 13.9 Å². The first-order valence-corrected chi connectivity index (χ1v) is 7.71. The van der Waals surface area contributed by atoms with E-state index < -0.39 is 11.4 Å². The number of morpholine rings is 1. The minimum atomic E-state index is -0.436. The Morgan fingerprint density at radius 2 is 1.91 bits per heavy atom. The molecule has 3 rings (SSSR count). The number of carbonyl (C=O) groups excluding carboxylic acids is 1.